The van der Waals surface area contributed by atoms with Crippen molar-refractivity contribution in [3.05, 3.63) is 69.1 Å². The first-order valence-corrected chi connectivity index (χ1v) is 6.47. The quantitative estimate of drug-likeness (QED) is 0.546. The Balaban J connectivity index is 2.08. The zero-order valence-electron chi connectivity index (χ0n) is 10.7. The number of non-ortho nitro benzene ring substituents is 1. The number of benzene rings is 2. The Labute approximate surface area is 123 Å². The van der Waals surface area contributed by atoms with Crippen LogP contribution in [0.25, 0.3) is 10.9 Å². The number of hydrogen-bond donors (Lipinski definition) is 0. The maximum absolute atomic E-state index is 13.8. The normalized spacial score (nSPS) is 11.0. The van der Waals surface area contributed by atoms with Crippen LogP contribution >= 0.6 is 11.6 Å². The van der Waals surface area contributed by atoms with Gasteiger partial charge in [-0.25, -0.2) is 4.39 Å². The molecule has 0 aliphatic carbocycles. The molecule has 5 nitrogen and oxygen atoms in total. The molecule has 0 aliphatic heterocycles. The summed E-state index contributed by atoms with van der Waals surface area (Å²) >= 11 is 5.99. The summed E-state index contributed by atoms with van der Waals surface area (Å²) in [7, 11) is 0. The van der Waals surface area contributed by atoms with Gasteiger partial charge in [-0.1, -0.05) is 17.7 Å². The number of nitro groups is 1. The van der Waals surface area contributed by atoms with Crippen molar-refractivity contribution in [1.29, 1.82) is 0 Å². The highest BCUT2D eigenvalue weighted by Gasteiger charge is 2.13. The zero-order valence-corrected chi connectivity index (χ0v) is 11.4. The molecule has 21 heavy (non-hydrogen) atoms. The summed E-state index contributed by atoms with van der Waals surface area (Å²) in [6.07, 6.45) is 1.58. The lowest BCUT2D eigenvalue weighted by Gasteiger charge is -2.07. The van der Waals surface area contributed by atoms with E-state index in [1.807, 2.05) is 0 Å². The summed E-state index contributed by atoms with van der Waals surface area (Å²) in [6.45, 7) is 0.107. The number of fused-ring (bicyclic) bond motifs is 1. The highest BCUT2D eigenvalue weighted by atomic mass is 35.5. The molecule has 7 heteroatoms. The minimum absolute atomic E-state index is 0.0381. The summed E-state index contributed by atoms with van der Waals surface area (Å²) in [5, 5.41) is 16.0. The van der Waals surface area contributed by atoms with Gasteiger partial charge < -0.3 is 0 Å². The van der Waals surface area contributed by atoms with Gasteiger partial charge in [0.05, 0.1) is 23.2 Å². The van der Waals surface area contributed by atoms with Crippen molar-refractivity contribution < 1.29 is 9.31 Å². The van der Waals surface area contributed by atoms with Gasteiger partial charge in [-0.2, -0.15) is 5.10 Å². The van der Waals surface area contributed by atoms with Gasteiger partial charge in [0.2, 0.25) is 0 Å². The predicted octanol–water partition coefficient (Wildman–Crippen LogP) is 3.79. The van der Waals surface area contributed by atoms with Crippen molar-refractivity contribution >= 4 is 28.2 Å². The van der Waals surface area contributed by atoms with E-state index in [9.17, 15) is 14.5 Å². The summed E-state index contributed by atoms with van der Waals surface area (Å²) < 4.78 is 15.3. The van der Waals surface area contributed by atoms with E-state index in [2.05, 4.69) is 5.10 Å². The molecule has 3 aromatic rings. The van der Waals surface area contributed by atoms with E-state index in [-0.39, 0.29) is 12.2 Å². The van der Waals surface area contributed by atoms with Crippen LogP contribution in [-0.4, -0.2) is 14.7 Å². The molecule has 0 aliphatic rings. The second-order valence-corrected chi connectivity index (χ2v) is 4.91. The first-order valence-electron chi connectivity index (χ1n) is 6.09. The molecule has 0 radical (unpaired) electrons. The van der Waals surface area contributed by atoms with Crippen molar-refractivity contribution in [2.75, 3.05) is 0 Å². The molecule has 2 aromatic carbocycles. The van der Waals surface area contributed by atoms with Gasteiger partial charge in [-0.3, -0.25) is 14.8 Å². The largest absolute Gasteiger partial charge is 0.271 e. The van der Waals surface area contributed by atoms with Gasteiger partial charge in [0.15, 0.2) is 0 Å². The molecule has 0 saturated carbocycles. The second kappa shape index (κ2) is 5.14. The van der Waals surface area contributed by atoms with Crippen LogP contribution < -0.4 is 0 Å². The van der Waals surface area contributed by atoms with Crippen molar-refractivity contribution in [3.63, 3.8) is 0 Å². The molecule has 0 N–H and O–H groups in total. The number of nitrogens with zero attached hydrogens (tertiary/aromatic N) is 3. The van der Waals surface area contributed by atoms with E-state index in [1.54, 1.807) is 18.3 Å². The van der Waals surface area contributed by atoms with Gasteiger partial charge >= 0.3 is 0 Å². The minimum Gasteiger partial charge on any atom is -0.260 e. The average Bonchev–Trinajstić information content (AvgIpc) is 2.85. The molecular weight excluding hydrogens is 297 g/mol. The first-order chi connectivity index (χ1) is 10.1. The van der Waals surface area contributed by atoms with Crippen molar-refractivity contribution in [2.24, 2.45) is 0 Å². The topological polar surface area (TPSA) is 61.0 Å². The van der Waals surface area contributed by atoms with Crippen LogP contribution in [0.15, 0.2) is 42.6 Å². The standard InChI is InChI=1S/C14H9ClFN3O2/c15-12-2-1-3-13(16)11(12)8-18-14-6-10(19(20)21)5-4-9(14)7-17-18/h1-7H,8H2. The molecular formula is C14H9ClFN3O2. The van der Waals surface area contributed by atoms with E-state index >= 15 is 0 Å². The lowest BCUT2D eigenvalue weighted by atomic mass is 10.2. The third-order valence-electron chi connectivity index (χ3n) is 3.21. The summed E-state index contributed by atoms with van der Waals surface area (Å²) in [5.41, 5.74) is 0.822. The van der Waals surface area contributed by atoms with Crippen LogP contribution in [-0.2, 0) is 6.54 Å². The van der Waals surface area contributed by atoms with Crippen molar-refractivity contribution in [1.82, 2.24) is 9.78 Å². The van der Waals surface area contributed by atoms with Gasteiger partial charge in [-0.05, 0) is 18.2 Å². The van der Waals surface area contributed by atoms with Gasteiger partial charge in [0.25, 0.3) is 5.69 Å². The Morgan fingerprint density at radius 3 is 2.86 bits per heavy atom. The fourth-order valence-corrected chi connectivity index (χ4v) is 2.35. The Hall–Kier alpha value is -2.47. The fourth-order valence-electron chi connectivity index (χ4n) is 2.13. The third kappa shape index (κ3) is 2.45. The highest BCUT2D eigenvalue weighted by Crippen LogP contribution is 2.24. The predicted molar refractivity (Wildman–Crippen MR) is 76.9 cm³/mol. The van der Waals surface area contributed by atoms with Crippen LogP contribution in [0.4, 0.5) is 10.1 Å². The Kier molecular flexibility index (Phi) is 3.31. The molecule has 0 amide bonds. The van der Waals surface area contributed by atoms with E-state index < -0.39 is 10.7 Å². The molecule has 0 unspecified atom stereocenters. The van der Waals surface area contributed by atoms with Crippen LogP contribution in [0.1, 0.15) is 5.56 Å². The molecule has 106 valence electrons. The number of rotatable bonds is 3. The van der Waals surface area contributed by atoms with Crippen molar-refractivity contribution in [2.45, 2.75) is 6.54 Å². The van der Waals surface area contributed by atoms with Gasteiger partial charge in [-0.15, -0.1) is 0 Å². The van der Waals surface area contributed by atoms with Gasteiger partial charge in [0.1, 0.15) is 5.82 Å². The van der Waals surface area contributed by atoms with E-state index in [4.69, 9.17) is 11.6 Å². The molecule has 0 bridgehead atoms. The fraction of sp³-hybridized carbons (Fsp3) is 0.0714. The minimum atomic E-state index is -0.479. The maximum atomic E-state index is 13.8. The summed E-state index contributed by atoms with van der Waals surface area (Å²) in [5.74, 6) is -0.434. The highest BCUT2D eigenvalue weighted by molar-refractivity contribution is 6.31. The molecule has 1 aromatic heterocycles. The van der Waals surface area contributed by atoms with Crippen LogP contribution in [0, 0.1) is 15.9 Å². The molecule has 0 atom stereocenters. The summed E-state index contributed by atoms with van der Waals surface area (Å²) in [4.78, 5) is 10.4. The molecule has 0 saturated heterocycles. The molecule has 0 fully saturated rings. The van der Waals surface area contributed by atoms with Crippen LogP contribution in [0.3, 0.4) is 0 Å². The lowest BCUT2D eigenvalue weighted by molar-refractivity contribution is -0.384. The SMILES string of the molecule is O=[N+]([O-])c1ccc2cnn(Cc3c(F)cccc3Cl)c2c1. The zero-order chi connectivity index (χ0) is 15.0. The second-order valence-electron chi connectivity index (χ2n) is 4.50. The number of hydrogen-bond acceptors (Lipinski definition) is 3. The smallest absolute Gasteiger partial charge is 0.260 e. The third-order valence-corrected chi connectivity index (χ3v) is 3.56. The summed E-state index contributed by atoms with van der Waals surface area (Å²) in [6, 6.07) is 8.86. The van der Waals surface area contributed by atoms with E-state index in [0.717, 1.165) is 5.39 Å². The number of halogens is 2. The number of nitro benzene ring substituents is 1. The van der Waals surface area contributed by atoms with E-state index in [1.165, 1.54) is 28.9 Å². The Bertz CT molecular complexity index is 827. The molecule has 3 rings (SSSR count). The van der Waals surface area contributed by atoms with Crippen molar-refractivity contribution in [3.8, 4) is 0 Å². The monoisotopic (exact) mass is 305 g/mol. The van der Waals surface area contributed by atoms with Crippen LogP contribution in [0.2, 0.25) is 5.02 Å². The molecule has 0 spiro atoms. The van der Waals surface area contributed by atoms with Gasteiger partial charge in [0, 0.05) is 28.1 Å². The maximum Gasteiger partial charge on any atom is 0.271 e. The Morgan fingerprint density at radius 2 is 2.14 bits per heavy atom. The lowest BCUT2D eigenvalue weighted by Crippen LogP contribution is -2.04. The van der Waals surface area contributed by atoms with E-state index in [0.29, 0.717) is 16.1 Å². The Morgan fingerprint density at radius 1 is 1.33 bits per heavy atom. The molecule has 1 heterocycles. The number of aromatic nitrogens is 2. The van der Waals surface area contributed by atoms with Crippen LogP contribution in [0.5, 0.6) is 0 Å². The average molecular weight is 306 g/mol. The first kappa shape index (κ1) is 13.5.